The second-order valence-corrected chi connectivity index (χ2v) is 8.18. The Morgan fingerprint density at radius 3 is 2.56 bits per heavy atom. The maximum Gasteiger partial charge on any atom is 0.223 e. The van der Waals surface area contributed by atoms with E-state index in [0.29, 0.717) is 24.3 Å². The summed E-state index contributed by atoms with van der Waals surface area (Å²) in [5.74, 6) is 3.26. The zero-order valence-corrected chi connectivity index (χ0v) is 15.9. The number of nitrogens with zero attached hydrogens (tertiary/aromatic N) is 2. The van der Waals surface area contributed by atoms with Crippen LogP contribution in [0.4, 0.5) is 5.95 Å². The molecule has 1 aromatic carbocycles. The lowest BCUT2D eigenvalue weighted by Gasteiger charge is -2.37. The fourth-order valence-electron chi connectivity index (χ4n) is 3.20. The van der Waals surface area contributed by atoms with Gasteiger partial charge in [-0.15, -0.1) is 11.8 Å². The first-order valence-corrected chi connectivity index (χ1v) is 10.2. The van der Waals surface area contributed by atoms with Crippen LogP contribution in [-0.4, -0.2) is 28.8 Å². The van der Waals surface area contributed by atoms with Crippen LogP contribution in [0.3, 0.4) is 0 Å². The molecule has 1 saturated carbocycles. The summed E-state index contributed by atoms with van der Waals surface area (Å²) in [5, 5.41) is 4.42. The number of nitrogens with two attached hydrogens (primary N) is 1. The fraction of sp³-hybridized carbons (Fsp3) is 0.500. The van der Waals surface area contributed by atoms with Crippen molar-refractivity contribution >= 4 is 17.7 Å². The van der Waals surface area contributed by atoms with Gasteiger partial charge in [0.25, 0.3) is 0 Å². The molecule has 2 aromatic rings. The Bertz CT molecular complexity index is 675. The van der Waals surface area contributed by atoms with Gasteiger partial charge < -0.3 is 11.1 Å². The van der Waals surface area contributed by atoms with Crippen molar-refractivity contribution in [2.75, 3.05) is 24.2 Å². The summed E-state index contributed by atoms with van der Waals surface area (Å²) >= 11 is 1.72. The minimum atomic E-state index is 0.488. The van der Waals surface area contributed by atoms with Gasteiger partial charge in [-0.25, -0.2) is 9.97 Å². The molecular weight excluding hydrogens is 328 g/mol. The molecule has 5 heteroatoms. The highest BCUT2D eigenvalue weighted by atomic mass is 32.2. The minimum absolute atomic E-state index is 0.488. The number of nitrogens with one attached hydrogen (secondary N) is 1. The standard InChI is InChI=1S/C20H28N4S/c1-14(2)13-22-20-23-18(12-19(24-20)25-11-10-21)17-9-8-16(17)15-6-4-3-5-7-15/h3-7,12,14,16-17H,8-11,13,21H2,1-2H3,(H,22,23,24). The molecule has 1 heterocycles. The molecule has 1 fully saturated rings. The summed E-state index contributed by atoms with van der Waals surface area (Å²) in [6.45, 7) is 5.93. The molecule has 3 rings (SSSR count). The van der Waals surface area contributed by atoms with Gasteiger partial charge in [-0.3, -0.25) is 0 Å². The molecule has 4 nitrogen and oxygen atoms in total. The van der Waals surface area contributed by atoms with Crippen molar-refractivity contribution in [2.24, 2.45) is 11.7 Å². The van der Waals surface area contributed by atoms with E-state index >= 15 is 0 Å². The lowest BCUT2D eigenvalue weighted by molar-refractivity contribution is 0.339. The molecule has 1 aliphatic carbocycles. The summed E-state index contributed by atoms with van der Waals surface area (Å²) in [6, 6.07) is 13.0. The second kappa shape index (κ2) is 8.68. The molecule has 25 heavy (non-hydrogen) atoms. The van der Waals surface area contributed by atoms with Crippen molar-refractivity contribution in [2.45, 2.75) is 43.6 Å². The smallest absolute Gasteiger partial charge is 0.223 e. The first-order valence-electron chi connectivity index (χ1n) is 9.18. The summed E-state index contributed by atoms with van der Waals surface area (Å²) in [6.07, 6.45) is 2.43. The van der Waals surface area contributed by atoms with E-state index < -0.39 is 0 Å². The van der Waals surface area contributed by atoms with Gasteiger partial charge in [-0.2, -0.15) is 0 Å². The number of thioether (sulfide) groups is 1. The molecule has 0 radical (unpaired) electrons. The molecule has 2 unspecified atom stereocenters. The van der Waals surface area contributed by atoms with Gasteiger partial charge >= 0.3 is 0 Å². The third-order valence-corrected chi connectivity index (χ3v) is 5.59. The third-order valence-electron chi connectivity index (χ3n) is 4.64. The van der Waals surface area contributed by atoms with Gasteiger partial charge in [0, 0.05) is 24.8 Å². The lowest BCUT2D eigenvalue weighted by atomic mass is 9.68. The molecule has 0 spiro atoms. The summed E-state index contributed by atoms with van der Waals surface area (Å²) in [4.78, 5) is 9.51. The molecule has 0 amide bonds. The van der Waals surface area contributed by atoms with Crippen LogP contribution in [0, 0.1) is 5.92 Å². The number of hydrogen-bond acceptors (Lipinski definition) is 5. The quantitative estimate of drug-likeness (QED) is 0.547. The predicted molar refractivity (Wildman–Crippen MR) is 106 cm³/mol. The average molecular weight is 357 g/mol. The Morgan fingerprint density at radius 2 is 1.92 bits per heavy atom. The predicted octanol–water partition coefficient (Wildman–Crippen LogP) is 4.26. The molecule has 0 bridgehead atoms. The van der Waals surface area contributed by atoms with E-state index in [9.17, 15) is 0 Å². The third kappa shape index (κ3) is 4.73. The van der Waals surface area contributed by atoms with E-state index in [4.69, 9.17) is 10.7 Å². The molecular formula is C20H28N4S. The maximum absolute atomic E-state index is 5.67. The molecule has 2 atom stereocenters. The Morgan fingerprint density at radius 1 is 1.16 bits per heavy atom. The van der Waals surface area contributed by atoms with E-state index in [1.807, 2.05) is 0 Å². The van der Waals surface area contributed by atoms with Gasteiger partial charge in [-0.1, -0.05) is 44.2 Å². The number of aromatic nitrogens is 2. The van der Waals surface area contributed by atoms with Gasteiger partial charge in [0.1, 0.15) is 5.03 Å². The number of hydrogen-bond donors (Lipinski definition) is 2. The highest BCUT2D eigenvalue weighted by molar-refractivity contribution is 7.99. The van der Waals surface area contributed by atoms with Crippen molar-refractivity contribution in [1.29, 1.82) is 0 Å². The van der Waals surface area contributed by atoms with Gasteiger partial charge in [0.05, 0.1) is 5.69 Å². The van der Waals surface area contributed by atoms with Crippen molar-refractivity contribution in [3.8, 4) is 0 Å². The lowest BCUT2D eigenvalue weighted by Crippen LogP contribution is -2.23. The van der Waals surface area contributed by atoms with E-state index in [1.54, 1.807) is 11.8 Å². The van der Waals surface area contributed by atoms with Crippen LogP contribution in [0.25, 0.3) is 0 Å². The van der Waals surface area contributed by atoms with Gasteiger partial charge in [0.2, 0.25) is 5.95 Å². The van der Waals surface area contributed by atoms with Crippen molar-refractivity contribution in [3.05, 3.63) is 47.7 Å². The maximum atomic E-state index is 5.67. The van der Waals surface area contributed by atoms with Crippen molar-refractivity contribution in [1.82, 2.24) is 9.97 Å². The molecule has 134 valence electrons. The Kier molecular flexibility index (Phi) is 6.32. The van der Waals surface area contributed by atoms with Crippen LogP contribution in [0.2, 0.25) is 0 Å². The normalized spacial score (nSPS) is 19.7. The Hall–Kier alpha value is -1.59. The molecule has 0 saturated heterocycles. The number of benzene rings is 1. The number of rotatable bonds is 8. The highest BCUT2D eigenvalue weighted by Crippen LogP contribution is 2.48. The topological polar surface area (TPSA) is 63.8 Å². The van der Waals surface area contributed by atoms with Gasteiger partial charge in [-0.05, 0) is 36.3 Å². The molecule has 1 aliphatic rings. The molecule has 3 N–H and O–H groups in total. The van der Waals surface area contributed by atoms with E-state index in [-0.39, 0.29) is 0 Å². The van der Waals surface area contributed by atoms with Crippen molar-refractivity contribution < 1.29 is 0 Å². The van der Waals surface area contributed by atoms with Crippen LogP contribution < -0.4 is 11.1 Å². The average Bonchev–Trinajstić information content (AvgIpc) is 2.58. The summed E-state index contributed by atoms with van der Waals surface area (Å²) < 4.78 is 0. The summed E-state index contributed by atoms with van der Waals surface area (Å²) in [5.41, 5.74) is 8.26. The molecule has 0 aliphatic heterocycles. The van der Waals surface area contributed by atoms with Crippen LogP contribution in [0.5, 0.6) is 0 Å². The summed E-state index contributed by atoms with van der Waals surface area (Å²) in [7, 11) is 0. The Balaban J connectivity index is 1.82. The van der Waals surface area contributed by atoms with E-state index in [2.05, 4.69) is 60.5 Å². The number of anilines is 1. The van der Waals surface area contributed by atoms with Gasteiger partial charge in [0.15, 0.2) is 0 Å². The first-order chi connectivity index (χ1) is 12.2. The highest BCUT2D eigenvalue weighted by Gasteiger charge is 2.34. The van der Waals surface area contributed by atoms with Crippen LogP contribution in [0.1, 0.15) is 49.8 Å². The van der Waals surface area contributed by atoms with Crippen LogP contribution >= 0.6 is 11.8 Å². The van der Waals surface area contributed by atoms with E-state index in [1.165, 1.54) is 24.1 Å². The first kappa shape index (κ1) is 18.2. The second-order valence-electron chi connectivity index (χ2n) is 7.07. The Labute approximate surface area is 155 Å². The van der Waals surface area contributed by atoms with E-state index in [0.717, 1.165) is 23.3 Å². The fourth-order valence-corrected chi connectivity index (χ4v) is 3.88. The SMILES string of the molecule is CC(C)CNc1nc(SCCN)cc(C2CCC2c2ccccc2)n1. The zero-order chi connectivity index (χ0) is 17.6. The minimum Gasteiger partial charge on any atom is -0.354 e. The monoisotopic (exact) mass is 356 g/mol. The van der Waals surface area contributed by atoms with Crippen LogP contribution in [-0.2, 0) is 0 Å². The zero-order valence-electron chi connectivity index (χ0n) is 15.1. The molecule has 1 aromatic heterocycles. The van der Waals surface area contributed by atoms with Crippen molar-refractivity contribution in [3.63, 3.8) is 0 Å². The largest absolute Gasteiger partial charge is 0.354 e. The van der Waals surface area contributed by atoms with Crippen LogP contribution in [0.15, 0.2) is 41.4 Å².